The van der Waals surface area contributed by atoms with Gasteiger partial charge < -0.3 is 9.47 Å². The number of hydrogen-bond acceptors (Lipinski definition) is 1. The fourth-order valence-electron chi connectivity index (χ4n) is 11.1. The van der Waals surface area contributed by atoms with E-state index in [1.165, 1.54) is 93.9 Å². The first kappa shape index (κ1) is 35.8. The van der Waals surface area contributed by atoms with Gasteiger partial charge in [-0.25, -0.2) is 0 Å². The Kier molecular flexibility index (Phi) is 7.98. The zero-order valence-electron chi connectivity index (χ0n) is 34.7. The third-order valence-corrected chi connectivity index (χ3v) is 14.0. The maximum absolute atomic E-state index is 2.50. The summed E-state index contributed by atoms with van der Waals surface area (Å²) in [6.07, 6.45) is 2.03. The molecule has 2 nitrogen and oxygen atoms in total. The van der Waals surface area contributed by atoms with Crippen LogP contribution in [0, 0.1) is 0 Å². The molecule has 0 fully saturated rings. The Balaban J connectivity index is 0.937. The molecule has 63 heavy (non-hydrogen) atoms. The van der Waals surface area contributed by atoms with Crippen molar-refractivity contribution in [1.82, 2.24) is 4.57 Å². The van der Waals surface area contributed by atoms with E-state index >= 15 is 0 Å². The summed E-state index contributed by atoms with van der Waals surface area (Å²) >= 11 is 0. The van der Waals surface area contributed by atoms with Crippen LogP contribution >= 0.6 is 0 Å². The lowest BCUT2D eigenvalue weighted by atomic mass is 9.75. The highest BCUT2D eigenvalue weighted by Crippen LogP contribution is 2.56. The first-order valence-corrected chi connectivity index (χ1v) is 22.1. The molecular weight excluding hydrogens is 761 g/mol. The third-order valence-electron chi connectivity index (χ3n) is 14.0. The fourth-order valence-corrected chi connectivity index (χ4v) is 11.1. The molecule has 0 N–H and O–H groups in total. The van der Waals surface area contributed by atoms with Crippen LogP contribution in [0.3, 0.4) is 0 Å². The van der Waals surface area contributed by atoms with Gasteiger partial charge in [0.1, 0.15) is 0 Å². The molecule has 0 atom stereocenters. The van der Waals surface area contributed by atoms with E-state index in [2.05, 4.69) is 240 Å². The molecule has 0 bridgehead atoms. The van der Waals surface area contributed by atoms with Crippen molar-refractivity contribution in [3.05, 3.63) is 253 Å². The van der Waals surface area contributed by atoms with Crippen LogP contribution in [-0.2, 0) is 18.3 Å². The normalized spacial score (nSPS) is 13.4. The van der Waals surface area contributed by atoms with E-state index in [4.69, 9.17) is 0 Å². The number of nitrogens with zero attached hydrogens (tertiary/aromatic N) is 2. The van der Waals surface area contributed by atoms with Gasteiger partial charge in [-0.3, -0.25) is 0 Å². The van der Waals surface area contributed by atoms with Gasteiger partial charge in [-0.1, -0.05) is 164 Å². The largest absolute Gasteiger partial charge is 0.310 e. The van der Waals surface area contributed by atoms with Crippen LogP contribution in [0.5, 0.6) is 0 Å². The molecule has 2 aliphatic rings. The molecule has 2 aliphatic carbocycles. The maximum Gasteiger partial charge on any atom is 0.0541 e. The van der Waals surface area contributed by atoms with E-state index in [0.717, 1.165) is 29.9 Å². The maximum atomic E-state index is 2.50. The van der Waals surface area contributed by atoms with Gasteiger partial charge in [0.05, 0.1) is 11.0 Å². The van der Waals surface area contributed by atoms with Gasteiger partial charge in [0, 0.05) is 38.9 Å². The quantitative estimate of drug-likeness (QED) is 0.163. The van der Waals surface area contributed by atoms with Crippen LogP contribution < -0.4 is 4.90 Å². The summed E-state index contributed by atoms with van der Waals surface area (Å²) in [7, 11) is 0. The summed E-state index contributed by atoms with van der Waals surface area (Å²) in [4.78, 5) is 2.45. The highest BCUT2D eigenvalue weighted by molar-refractivity contribution is 6.10. The first-order valence-electron chi connectivity index (χ1n) is 22.1. The molecule has 1 aromatic heterocycles. The summed E-state index contributed by atoms with van der Waals surface area (Å²) in [5.74, 6) is 0. The monoisotopic (exact) mass is 802 g/mol. The zero-order chi connectivity index (χ0) is 41.5. The number of fused-ring (bicyclic) bond motifs is 10. The Morgan fingerprint density at radius 2 is 0.921 bits per heavy atom. The molecule has 2 heteroatoms. The van der Waals surface area contributed by atoms with E-state index in [-0.39, 0.29) is 5.41 Å². The van der Waals surface area contributed by atoms with Crippen molar-refractivity contribution in [2.24, 2.45) is 0 Å². The van der Waals surface area contributed by atoms with Crippen LogP contribution in [0.15, 0.2) is 231 Å². The van der Waals surface area contributed by atoms with E-state index < -0.39 is 0 Å². The van der Waals surface area contributed by atoms with Crippen molar-refractivity contribution in [3.63, 3.8) is 0 Å². The van der Waals surface area contributed by atoms with Gasteiger partial charge in [0.25, 0.3) is 0 Å². The minimum Gasteiger partial charge on any atom is -0.310 e. The zero-order valence-corrected chi connectivity index (χ0v) is 34.7. The third kappa shape index (κ3) is 5.58. The lowest BCUT2D eigenvalue weighted by molar-refractivity contribution is 0.563. The Bertz CT molecular complexity index is 3530. The minimum atomic E-state index is -0.0956. The standard InChI is InChI=1S/C61H42N2/c1-2-17-47(18-3-1)63-59-24-11-9-21-55(59)56-37-44(29-36-60(56)63)41-25-30-48(31-26-41)62(49-32-27-43(28-33-49)52-22-12-16-42-13-6-7-19-51(42)52)50-34-35-54-53-20-8-10-23-57(53)61(58(54)38-50)39-45-14-4-5-15-46(45)40-61/h1-38H,39-40H2. The molecule has 11 aromatic rings. The van der Waals surface area contributed by atoms with Crippen LogP contribution in [-0.4, -0.2) is 4.57 Å². The molecule has 0 unspecified atom stereocenters. The first-order chi connectivity index (χ1) is 31.2. The molecule has 0 radical (unpaired) electrons. The molecule has 13 rings (SSSR count). The highest BCUT2D eigenvalue weighted by atomic mass is 15.1. The van der Waals surface area contributed by atoms with E-state index in [0.29, 0.717) is 0 Å². The van der Waals surface area contributed by atoms with Crippen molar-refractivity contribution in [1.29, 1.82) is 0 Å². The second-order valence-corrected chi connectivity index (χ2v) is 17.4. The molecule has 0 saturated heterocycles. The van der Waals surface area contributed by atoms with Crippen molar-refractivity contribution >= 4 is 49.6 Å². The number of benzene rings is 10. The van der Waals surface area contributed by atoms with Gasteiger partial charge in [0.15, 0.2) is 0 Å². The summed E-state index contributed by atoms with van der Waals surface area (Å²) < 4.78 is 2.38. The SMILES string of the molecule is c1ccc(-n2c3ccccc3c3cc(-c4ccc(N(c5ccc(-c6cccc7ccccc67)cc5)c5ccc6c(c5)C5(Cc7ccccc7C5)c5ccccc5-6)cc4)ccc32)cc1. The van der Waals surface area contributed by atoms with Gasteiger partial charge in [-0.05, 0) is 146 Å². The van der Waals surface area contributed by atoms with Crippen LogP contribution in [0.4, 0.5) is 17.1 Å². The second-order valence-electron chi connectivity index (χ2n) is 17.4. The van der Waals surface area contributed by atoms with Gasteiger partial charge in [-0.15, -0.1) is 0 Å². The number of aromatic nitrogens is 1. The molecule has 0 amide bonds. The lowest BCUT2D eigenvalue weighted by Gasteiger charge is -2.30. The summed E-state index contributed by atoms with van der Waals surface area (Å²) in [6, 6.07) is 85.4. The number of para-hydroxylation sites is 2. The van der Waals surface area contributed by atoms with E-state index in [9.17, 15) is 0 Å². The molecule has 1 spiro atoms. The van der Waals surface area contributed by atoms with Crippen LogP contribution in [0.1, 0.15) is 22.3 Å². The number of anilines is 3. The molecule has 10 aromatic carbocycles. The van der Waals surface area contributed by atoms with Crippen molar-refractivity contribution in [3.8, 4) is 39.1 Å². The second kappa shape index (κ2) is 14.1. The topological polar surface area (TPSA) is 8.17 Å². The molecule has 0 saturated carbocycles. The van der Waals surface area contributed by atoms with Gasteiger partial charge >= 0.3 is 0 Å². The fraction of sp³-hybridized carbons (Fsp3) is 0.0492. The highest BCUT2D eigenvalue weighted by Gasteiger charge is 2.47. The van der Waals surface area contributed by atoms with Crippen molar-refractivity contribution in [2.75, 3.05) is 4.90 Å². The van der Waals surface area contributed by atoms with Crippen LogP contribution in [0.2, 0.25) is 0 Å². The summed E-state index contributed by atoms with van der Waals surface area (Å²) in [5, 5.41) is 5.04. The molecule has 1 heterocycles. The molecular formula is C61H42N2. The Hall–Kier alpha value is -7.94. The summed E-state index contributed by atoms with van der Waals surface area (Å²) in [5.41, 5.74) is 20.3. The Morgan fingerprint density at radius 3 is 1.71 bits per heavy atom. The summed E-state index contributed by atoms with van der Waals surface area (Å²) in [6.45, 7) is 0. The number of hydrogen-bond donors (Lipinski definition) is 0. The molecule has 0 aliphatic heterocycles. The Morgan fingerprint density at radius 1 is 0.349 bits per heavy atom. The molecule has 296 valence electrons. The minimum absolute atomic E-state index is 0.0956. The smallest absolute Gasteiger partial charge is 0.0541 e. The average molecular weight is 803 g/mol. The van der Waals surface area contributed by atoms with Gasteiger partial charge in [0.2, 0.25) is 0 Å². The van der Waals surface area contributed by atoms with Crippen molar-refractivity contribution < 1.29 is 0 Å². The van der Waals surface area contributed by atoms with E-state index in [1.54, 1.807) is 0 Å². The van der Waals surface area contributed by atoms with Gasteiger partial charge in [-0.2, -0.15) is 0 Å². The Labute approximate surface area is 367 Å². The van der Waals surface area contributed by atoms with Crippen LogP contribution in [0.25, 0.3) is 71.6 Å². The lowest BCUT2D eigenvalue weighted by Crippen LogP contribution is -2.26. The predicted octanol–water partition coefficient (Wildman–Crippen LogP) is 15.8. The number of rotatable bonds is 6. The van der Waals surface area contributed by atoms with E-state index in [1.807, 2.05) is 0 Å². The predicted molar refractivity (Wildman–Crippen MR) is 264 cm³/mol. The van der Waals surface area contributed by atoms with Crippen molar-refractivity contribution in [2.45, 2.75) is 18.3 Å². The average Bonchev–Trinajstić information content (AvgIpc) is 3.99.